The van der Waals surface area contributed by atoms with Gasteiger partial charge >= 0.3 is 0 Å². The molecule has 0 unspecified atom stereocenters. The van der Waals surface area contributed by atoms with E-state index in [-0.39, 0.29) is 12.5 Å². The van der Waals surface area contributed by atoms with E-state index < -0.39 is 0 Å². The van der Waals surface area contributed by atoms with Crippen LogP contribution in [0.4, 0.5) is 5.13 Å². The Bertz CT molecular complexity index is 1250. The van der Waals surface area contributed by atoms with Crippen molar-refractivity contribution in [2.75, 3.05) is 18.5 Å². The average molecular weight is 452 g/mol. The van der Waals surface area contributed by atoms with Crippen molar-refractivity contribution in [3.05, 3.63) is 47.0 Å². The van der Waals surface area contributed by atoms with Gasteiger partial charge in [-0.3, -0.25) is 10.1 Å². The van der Waals surface area contributed by atoms with E-state index in [4.69, 9.17) is 9.47 Å². The van der Waals surface area contributed by atoms with Gasteiger partial charge < -0.3 is 9.47 Å². The number of hydrogen-bond donors (Lipinski definition) is 1. The van der Waals surface area contributed by atoms with Crippen molar-refractivity contribution in [2.24, 2.45) is 7.05 Å². The molecule has 8 nitrogen and oxygen atoms in total. The average Bonchev–Trinajstić information content (AvgIpc) is 3.36. The summed E-state index contributed by atoms with van der Waals surface area (Å²) in [6, 6.07) is 9.73. The first-order chi connectivity index (χ1) is 15.4. The molecule has 1 N–H and O–H groups in total. The van der Waals surface area contributed by atoms with E-state index >= 15 is 0 Å². The van der Waals surface area contributed by atoms with Crippen molar-refractivity contribution in [3.8, 4) is 22.9 Å². The molecule has 0 atom stereocenters. The Labute approximate surface area is 190 Å². The van der Waals surface area contributed by atoms with Crippen molar-refractivity contribution in [2.45, 2.75) is 27.2 Å². The Kier molecular flexibility index (Phi) is 6.36. The van der Waals surface area contributed by atoms with Gasteiger partial charge in [0.1, 0.15) is 5.75 Å². The Morgan fingerprint density at radius 2 is 1.94 bits per heavy atom. The van der Waals surface area contributed by atoms with Crippen LogP contribution in [0.5, 0.6) is 11.6 Å². The van der Waals surface area contributed by atoms with Gasteiger partial charge in [-0.05, 0) is 56.2 Å². The first-order valence-corrected chi connectivity index (χ1v) is 11.2. The topological polar surface area (TPSA) is 91.2 Å². The van der Waals surface area contributed by atoms with E-state index in [1.807, 2.05) is 49.6 Å². The molecule has 32 heavy (non-hydrogen) atoms. The van der Waals surface area contributed by atoms with Crippen LogP contribution >= 0.6 is 11.3 Å². The minimum atomic E-state index is -0.300. The number of aryl methyl sites for hydroxylation is 3. The molecular formula is C23H25N5O3S. The lowest BCUT2D eigenvalue weighted by Gasteiger charge is -2.05. The zero-order valence-electron chi connectivity index (χ0n) is 18.5. The summed E-state index contributed by atoms with van der Waals surface area (Å²) in [4.78, 5) is 21.4. The number of nitrogens with one attached hydrogen (secondary N) is 1. The number of hydrogen-bond acceptors (Lipinski definition) is 7. The minimum absolute atomic E-state index is 0.169. The number of pyridine rings is 1. The lowest BCUT2D eigenvalue weighted by Crippen LogP contribution is -2.20. The summed E-state index contributed by atoms with van der Waals surface area (Å²) in [5, 5.41) is 10.4. The molecule has 0 fully saturated rings. The third-order valence-corrected chi connectivity index (χ3v) is 5.56. The molecule has 0 saturated heterocycles. The Morgan fingerprint density at radius 1 is 1.16 bits per heavy atom. The number of thiazole rings is 1. The molecule has 4 rings (SSSR count). The second-order valence-electron chi connectivity index (χ2n) is 7.46. The highest BCUT2D eigenvalue weighted by Gasteiger charge is 2.16. The molecule has 9 heteroatoms. The molecule has 0 aliphatic carbocycles. The lowest BCUT2D eigenvalue weighted by molar-refractivity contribution is -0.118. The van der Waals surface area contributed by atoms with E-state index in [9.17, 15) is 4.79 Å². The molecule has 0 radical (unpaired) electrons. The molecule has 0 aliphatic rings. The Hall–Kier alpha value is -3.46. The zero-order chi connectivity index (χ0) is 22.7. The van der Waals surface area contributed by atoms with Crippen LogP contribution in [-0.2, 0) is 11.8 Å². The van der Waals surface area contributed by atoms with Crippen LogP contribution in [0, 0.1) is 13.8 Å². The molecule has 1 aromatic carbocycles. The van der Waals surface area contributed by atoms with E-state index in [2.05, 4.69) is 27.3 Å². The predicted molar refractivity (Wildman–Crippen MR) is 125 cm³/mol. The van der Waals surface area contributed by atoms with E-state index in [0.717, 1.165) is 45.7 Å². The maximum Gasteiger partial charge on any atom is 0.264 e. The van der Waals surface area contributed by atoms with Crippen molar-refractivity contribution >= 4 is 33.4 Å². The van der Waals surface area contributed by atoms with Gasteiger partial charge in [0.15, 0.2) is 17.4 Å². The molecule has 1 amide bonds. The summed E-state index contributed by atoms with van der Waals surface area (Å²) in [7, 11) is 1.81. The fourth-order valence-corrected chi connectivity index (χ4v) is 4.08. The molecule has 0 saturated carbocycles. The molecule has 0 bridgehead atoms. The SMILES string of the molecule is CCCOc1ccc(-c2csc(NC(=O)COc3nn(C)c4nc(C)cc(C)c34)n2)cc1. The van der Waals surface area contributed by atoms with Crippen LogP contribution in [0.25, 0.3) is 22.3 Å². The number of amides is 1. The molecule has 3 heterocycles. The van der Waals surface area contributed by atoms with Gasteiger partial charge in [0.05, 0.1) is 17.7 Å². The van der Waals surface area contributed by atoms with Crippen LogP contribution in [-0.4, -0.2) is 38.9 Å². The highest BCUT2D eigenvalue weighted by atomic mass is 32.1. The summed E-state index contributed by atoms with van der Waals surface area (Å²) in [6.07, 6.45) is 0.966. The van der Waals surface area contributed by atoms with Gasteiger partial charge in [0.2, 0.25) is 5.88 Å². The minimum Gasteiger partial charge on any atom is -0.494 e. The van der Waals surface area contributed by atoms with Crippen LogP contribution in [0.15, 0.2) is 35.7 Å². The summed E-state index contributed by atoms with van der Waals surface area (Å²) < 4.78 is 13.0. The second kappa shape index (κ2) is 9.35. The third kappa shape index (κ3) is 4.72. The van der Waals surface area contributed by atoms with E-state index in [1.165, 1.54) is 11.3 Å². The van der Waals surface area contributed by atoms with Gasteiger partial charge in [0, 0.05) is 23.7 Å². The molecule has 3 aromatic heterocycles. The smallest absolute Gasteiger partial charge is 0.264 e. The fourth-order valence-electron chi connectivity index (χ4n) is 3.35. The van der Waals surface area contributed by atoms with Crippen molar-refractivity contribution in [1.29, 1.82) is 0 Å². The van der Waals surface area contributed by atoms with Gasteiger partial charge in [-0.15, -0.1) is 16.4 Å². The molecule has 0 aliphatic heterocycles. The maximum atomic E-state index is 12.4. The summed E-state index contributed by atoms with van der Waals surface area (Å²) in [5.41, 5.74) is 4.39. The van der Waals surface area contributed by atoms with Gasteiger partial charge in [0.25, 0.3) is 5.91 Å². The van der Waals surface area contributed by atoms with E-state index in [1.54, 1.807) is 11.7 Å². The Balaban J connectivity index is 1.38. The molecule has 0 spiro atoms. The fraction of sp³-hybridized carbons (Fsp3) is 0.304. The number of carbonyl (C=O) groups excluding carboxylic acids is 1. The van der Waals surface area contributed by atoms with Crippen molar-refractivity contribution < 1.29 is 14.3 Å². The standard InChI is InChI=1S/C23H25N5O3S/c1-5-10-30-17-8-6-16(7-9-17)18-13-32-23(25-18)26-19(29)12-31-22-20-14(2)11-15(3)24-21(20)28(4)27-22/h6-9,11,13H,5,10,12H2,1-4H3,(H,25,26,29). The molecular weight excluding hydrogens is 426 g/mol. The van der Waals surface area contributed by atoms with Gasteiger partial charge in [-0.25, -0.2) is 14.6 Å². The van der Waals surface area contributed by atoms with E-state index in [0.29, 0.717) is 17.6 Å². The lowest BCUT2D eigenvalue weighted by atomic mass is 10.2. The predicted octanol–water partition coefficient (Wildman–Crippen LogP) is 4.51. The van der Waals surface area contributed by atoms with Crippen molar-refractivity contribution in [1.82, 2.24) is 19.7 Å². The van der Waals surface area contributed by atoms with Gasteiger partial charge in [-0.2, -0.15) is 0 Å². The van der Waals surface area contributed by atoms with Crippen LogP contribution in [0.2, 0.25) is 0 Å². The zero-order valence-corrected chi connectivity index (χ0v) is 19.3. The summed E-state index contributed by atoms with van der Waals surface area (Å²) in [6.45, 7) is 6.51. The highest BCUT2D eigenvalue weighted by Crippen LogP contribution is 2.28. The number of benzene rings is 1. The number of rotatable bonds is 8. The maximum absolute atomic E-state index is 12.4. The summed E-state index contributed by atoms with van der Waals surface area (Å²) >= 11 is 1.36. The monoisotopic (exact) mass is 451 g/mol. The number of ether oxygens (including phenoxy) is 2. The van der Waals surface area contributed by atoms with Crippen LogP contribution in [0.1, 0.15) is 24.6 Å². The van der Waals surface area contributed by atoms with Crippen LogP contribution in [0.3, 0.4) is 0 Å². The number of fused-ring (bicyclic) bond motifs is 1. The first-order valence-electron chi connectivity index (χ1n) is 10.4. The third-order valence-electron chi connectivity index (χ3n) is 4.80. The normalized spacial score (nSPS) is 11.0. The van der Waals surface area contributed by atoms with Crippen molar-refractivity contribution in [3.63, 3.8) is 0 Å². The van der Waals surface area contributed by atoms with Gasteiger partial charge in [-0.1, -0.05) is 6.92 Å². The second-order valence-corrected chi connectivity index (χ2v) is 8.31. The summed E-state index contributed by atoms with van der Waals surface area (Å²) in [5.74, 6) is 0.928. The number of anilines is 1. The number of aromatic nitrogens is 4. The first kappa shape index (κ1) is 21.8. The largest absolute Gasteiger partial charge is 0.494 e. The molecule has 4 aromatic rings. The van der Waals surface area contributed by atoms with Crippen LogP contribution < -0.4 is 14.8 Å². The quantitative estimate of drug-likeness (QED) is 0.424. The number of carbonyl (C=O) groups is 1. The Morgan fingerprint density at radius 3 is 2.69 bits per heavy atom. The molecule has 166 valence electrons. The number of nitrogens with zero attached hydrogens (tertiary/aromatic N) is 4. The highest BCUT2D eigenvalue weighted by molar-refractivity contribution is 7.14.